The van der Waals surface area contributed by atoms with Crippen LogP contribution in [0.25, 0.3) is 0 Å². The highest BCUT2D eigenvalue weighted by Gasteiger charge is 2.25. The summed E-state index contributed by atoms with van der Waals surface area (Å²) in [5.74, 6) is 0.833. The molecule has 1 aliphatic heterocycles. The zero-order chi connectivity index (χ0) is 22.0. The monoisotopic (exact) mass is 424 g/mol. The number of ether oxygens (including phenoxy) is 1. The van der Waals surface area contributed by atoms with Gasteiger partial charge in [-0.05, 0) is 52.0 Å². The van der Waals surface area contributed by atoms with Crippen molar-refractivity contribution >= 4 is 11.6 Å². The first-order chi connectivity index (χ1) is 14.9. The second-order valence-electron chi connectivity index (χ2n) is 8.22. The van der Waals surface area contributed by atoms with E-state index in [1.165, 1.54) is 23.5 Å². The number of pyridine rings is 2. The summed E-state index contributed by atoms with van der Waals surface area (Å²) in [5.41, 5.74) is 4.47. The third-order valence-corrected chi connectivity index (χ3v) is 5.58. The number of nitrogens with one attached hydrogen (secondary N) is 1. The maximum absolute atomic E-state index is 13.1. The highest BCUT2D eigenvalue weighted by molar-refractivity contribution is 5.51. The second-order valence-corrected chi connectivity index (χ2v) is 8.22. The number of halogens is 1. The number of nitrogens with zero attached hydrogens (tertiary/aromatic N) is 5. The molecule has 31 heavy (non-hydrogen) atoms. The topological polar surface area (TPSA) is 68.1 Å². The Morgan fingerprint density at radius 2 is 2.03 bits per heavy atom. The fourth-order valence-electron chi connectivity index (χ4n) is 3.96. The molecule has 0 aliphatic carbocycles. The maximum atomic E-state index is 13.1. The molecule has 0 unspecified atom stereocenters. The Labute approximate surface area is 182 Å². The molecule has 3 aromatic rings. The standard InChI is InChI=1S/C23H29FN6O/c1-15(2)30-17(4)19(16(3)28-30)13-29-10-11-31-21(14-29)20-6-5-7-23(26-20)27-22-9-8-18(24)12-25-22/h5-9,12,15,21H,10-11,13-14H2,1-4H3,(H,25,26,27)/t21-/m0/s1. The van der Waals surface area contributed by atoms with E-state index in [1.54, 1.807) is 6.07 Å². The van der Waals surface area contributed by atoms with Gasteiger partial charge in [0, 0.05) is 36.9 Å². The third-order valence-electron chi connectivity index (χ3n) is 5.58. The van der Waals surface area contributed by atoms with Crippen LogP contribution >= 0.6 is 0 Å². The van der Waals surface area contributed by atoms with Gasteiger partial charge in [-0.2, -0.15) is 5.10 Å². The van der Waals surface area contributed by atoms with Crippen molar-refractivity contribution in [2.24, 2.45) is 0 Å². The molecule has 3 aromatic heterocycles. The lowest BCUT2D eigenvalue weighted by Gasteiger charge is -2.32. The van der Waals surface area contributed by atoms with E-state index >= 15 is 0 Å². The molecule has 0 spiro atoms. The summed E-state index contributed by atoms with van der Waals surface area (Å²) in [4.78, 5) is 11.1. The normalized spacial score (nSPS) is 17.3. The largest absolute Gasteiger partial charge is 0.369 e. The van der Waals surface area contributed by atoms with E-state index in [9.17, 15) is 4.39 Å². The number of morpholine rings is 1. The number of hydrogen-bond donors (Lipinski definition) is 1. The van der Waals surface area contributed by atoms with Crippen LogP contribution in [0.3, 0.4) is 0 Å². The molecule has 1 N–H and O–H groups in total. The minimum atomic E-state index is -0.368. The van der Waals surface area contributed by atoms with Crippen LogP contribution in [0, 0.1) is 19.7 Å². The summed E-state index contributed by atoms with van der Waals surface area (Å²) >= 11 is 0. The van der Waals surface area contributed by atoms with Gasteiger partial charge < -0.3 is 10.1 Å². The summed E-state index contributed by atoms with van der Waals surface area (Å²) in [6, 6.07) is 9.08. The Morgan fingerprint density at radius 1 is 1.19 bits per heavy atom. The quantitative estimate of drug-likeness (QED) is 0.635. The van der Waals surface area contributed by atoms with E-state index in [-0.39, 0.29) is 11.9 Å². The number of hydrogen-bond acceptors (Lipinski definition) is 6. The predicted octanol–water partition coefficient (Wildman–Crippen LogP) is 4.33. The Morgan fingerprint density at radius 3 is 2.74 bits per heavy atom. The van der Waals surface area contributed by atoms with Crippen LogP contribution in [0.2, 0.25) is 0 Å². The second kappa shape index (κ2) is 9.11. The maximum Gasteiger partial charge on any atom is 0.141 e. The first-order valence-corrected chi connectivity index (χ1v) is 10.6. The summed E-state index contributed by atoms with van der Waals surface area (Å²) in [6.07, 6.45) is 1.07. The van der Waals surface area contributed by atoms with Gasteiger partial charge in [-0.25, -0.2) is 14.4 Å². The lowest BCUT2D eigenvalue weighted by atomic mass is 10.1. The number of aryl methyl sites for hydroxylation is 1. The number of anilines is 2. The molecule has 164 valence electrons. The molecule has 7 nitrogen and oxygen atoms in total. The van der Waals surface area contributed by atoms with Crippen LogP contribution in [0.1, 0.15) is 48.6 Å². The van der Waals surface area contributed by atoms with Gasteiger partial charge in [0.15, 0.2) is 0 Å². The summed E-state index contributed by atoms with van der Waals surface area (Å²) in [7, 11) is 0. The minimum absolute atomic E-state index is 0.113. The van der Waals surface area contributed by atoms with E-state index < -0.39 is 0 Å². The summed E-state index contributed by atoms with van der Waals surface area (Å²) in [6.45, 7) is 11.7. The van der Waals surface area contributed by atoms with E-state index in [0.29, 0.717) is 24.3 Å². The van der Waals surface area contributed by atoms with Gasteiger partial charge in [-0.1, -0.05) is 6.07 Å². The SMILES string of the molecule is Cc1nn(C(C)C)c(C)c1CN1CCO[C@H](c2cccc(Nc3ccc(F)cn3)n2)C1. The van der Waals surface area contributed by atoms with Crippen LogP contribution in [0.15, 0.2) is 36.5 Å². The van der Waals surface area contributed by atoms with Gasteiger partial charge in [-0.3, -0.25) is 9.58 Å². The van der Waals surface area contributed by atoms with E-state index in [4.69, 9.17) is 14.8 Å². The van der Waals surface area contributed by atoms with E-state index in [1.807, 2.05) is 18.2 Å². The van der Waals surface area contributed by atoms with Crippen molar-refractivity contribution in [2.45, 2.75) is 46.4 Å². The highest BCUT2D eigenvalue weighted by atomic mass is 19.1. The molecule has 4 heterocycles. The van der Waals surface area contributed by atoms with Crippen molar-refractivity contribution in [2.75, 3.05) is 25.0 Å². The van der Waals surface area contributed by atoms with Crippen molar-refractivity contribution < 1.29 is 9.13 Å². The lowest BCUT2D eigenvalue weighted by molar-refractivity contribution is -0.0350. The van der Waals surface area contributed by atoms with Crippen molar-refractivity contribution in [3.05, 3.63) is 65.0 Å². The fourth-order valence-corrected chi connectivity index (χ4v) is 3.96. The smallest absolute Gasteiger partial charge is 0.141 e. The molecule has 1 atom stereocenters. The number of aromatic nitrogens is 4. The molecule has 1 aliphatic rings. The molecular formula is C23H29FN6O. The van der Waals surface area contributed by atoms with Crippen molar-refractivity contribution in [3.63, 3.8) is 0 Å². The first-order valence-electron chi connectivity index (χ1n) is 10.6. The molecule has 0 amide bonds. The number of rotatable bonds is 6. The van der Waals surface area contributed by atoms with E-state index in [2.05, 4.69) is 47.6 Å². The van der Waals surface area contributed by atoms with Crippen LogP contribution in [-0.4, -0.2) is 44.3 Å². The van der Waals surface area contributed by atoms with Crippen LogP contribution < -0.4 is 5.32 Å². The van der Waals surface area contributed by atoms with E-state index in [0.717, 1.165) is 31.0 Å². The van der Waals surface area contributed by atoms with Crippen molar-refractivity contribution in [1.82, 2.24) is 24.6 Å². The zero-order valence-corrected chi connectivity index (χ0v) is 18.5. The molecular weight excluding hydrogens is 395 g/mol. The van der Waals surface area contributed by atoms with Crippen LogP contribution in [0.4, 0.5) is 16.0 Å². The molecule has 0 saturated carbocycles. The van der Waals surface area contributed by atoms with Gasteiger partial charge in [0.2, 0.25) is 0 Å². The molecule has 1 fully saturated rings. The summed E-state index contributed by atoms with van der Waals surface area (Å²) in [5, 5.41) is 7.84. The van der Waals surface area contributed by atoms with Crippen LogP contribution in [0.5, 0.6) is 0 Å². The molecule has 4 rings (SSSR count). The Kier molecular flexibility index (Phi) is 6.29. The summed E-state index contributed by atoms with van der Waals surface area (Å²) < 4.78 is 21.2. The van der Waals surface area contributed by atoms with Crippen LogP contribution in [-0.2, 0) is 11.3 Å². The molecule has 0 radical (unpaired) electrons. The Hall–Kier alpha value is -2.84. The Balaban J connectivity index is 1.46. The van der Waals surface area contributed by atoms with Gasteiger partial charge in [0.05, 0.1) is 24.2 Å². The molecule has 8 heteroatoms. The average Bonchev–Trinajstić information content (AvgIpc) is 3.04. The average molecular weight is 425 g/mol. The molecule has 0 aromatic carbocycles. The fraction of sp³-hybridized carbons (Fsp3) is 0.435. The minimum Gasteiger partial charge on any atom is -0.369 e. The van der Waals surface area contributed by atoms with Gasteiger partial charge >= 0.3 is 0 Å². The third kappa shape index (κ3) is 4.91. The first kappa shape index (κ1) is 21.4. The molecule has 1 saturated heterocycles. The van der Waals surface area contributed by atoms with Gasteiger partial charge in [0.25, 0.3) is 0 Å². The zero-order valence-electron chi connectivity index (χ0n) is 18.5. The molecule has 0 bridgehead atoms. The van der Waals surface area contributed by atoms with Gasteiger partial charge in [-0.15, -0.1) is 0 Å². The lowest BCUT2D eigenvalue weighted by Crippen LogP contribution is -2.38. The van der Waals surface area contributed by atoms with Crippen molar-refractivity contribution in [1.29, 1.82) is 0 Å². The Bertz CT molecular complexity index is 1030. The highest BCUT2D eigenvalue weighted by Crippen LogP contribution is 2.26. The van der Waals surface area contributed by atoms with Gasteiger partial charge in [0.1, 0.15) is 23.6 Å². The predicted molar refractivity (Wildman–Crippen MR) is 118 cm³/mol. The van der Waals surface area contributed by atoms with Crippen molar-refractivity contribution in [3.8, 4) is 0 Å².